The van der Waals surface area contributed by atoms with Gasteiger partial charge in [-0.05, 0) is 18.2 Å². The zero-order chi connectivity index (χ0) is 18.8. The highest BCUT2D eigenvalue weighted by molar-refractivity contribution is 9.10. The molecule has 0 aliphatic carbocycles. The van der Waals surface area contributed by atoms with E-state index >= 15 is 0 Å². The minimum atomic E-state index is -1.08. The number of nitrogens with zero attached hydrogens (tertiary/aromatic N) is 3. The van der Waals surface area contributed by atoms with Crippen LogP contribution in [-0.2, 0) is 17.8 Å². The van der Waals surface area contributed by atoms with Crippen molar-refractivity contribution in [3.63, 3.8) is 0 Å². The molecule has 1 N–H and O–H groups in total. The molecule has 2 aromatic carbocycles. The molecule has 0 fully saturated rings. The SMILES string of the molecule is O=C(O)Cc1nn(Cc2ccc(Br)cc2[N+](=O)[O-])c(=O)c2ccccc12. The van der Waals surface area contributed by atoms with Gasteiger partial charge in [0.1, 0.15) is 0 Å². The van der Waals surface area contributed by atoms with Gasteiger partial charge in [0, 0.05) is 15.9 Å². The van der Waals surface area contributed by atoms with Crippen LogP contribution in [-0.4, -0.2) is 25.8 Å². The van der Waals surface area contributed by atoms with Crippen LogP contribution in [0.5, 0.6) is 0 Å². The molecule has 0 spiro atoms. The third-order valence-electron chi connectivity index (χ3n) is 3.83. The first-order valence-electron chi connectivity index (χ1n) is 7.50. The highest BCUT2D eigenvalue weighted by Gasteiger charge is 2.18. The van der Waals surface area contributed by atoms with E-state index in [1.54, 1.807) is 30.3 Å². The van der Waals surface area contributed by atoms with E-state index in [1.807, 2.05) is 0 Å². The number of nitro benzene ring substituents is 1. The molecule has 0 bridgehead atoms. The first-order valence-corrected chi connectivity index (χ1v) is 8.29. The van der Waals surface area contributed by atoms with Gasteiger partial charge in [0.05, 0.1) is 34.5 Å². The second-order valence-corrected chi connectivity index (χ2v) is 6.47. The van der Waals surface area contributed by atoms with Crippen molar-refractivity contribution < 1.29 is 14.8 Å². The second kappa shape index (κ2) is 7.04. The average Bonchev–Trinajstić information content (AvgIpc) is 2.60. The van der Waals surface area contributed by atoms with Gasteiger partial charge in [0.15, 0.2) is 0 Å². The van der Waals surface area contributed by atoms with Gasteiger partial charge in [-0.15, -0.1) is 0 Å². The molecule has 1 aromatic heterocycles. The van der Waals surface area contributed by atoms with Crippen LogP contribution in [0.2, 0.25) is 0 Å². The molecule has 1 heterocycles. The topological polar surface area (TPSA) is 115 Å². The van der Waals surface area contributed by atoms with Crippen molar-refractivity contribution in [3.05, 3.63) is 78.7 Å². The molecular formula is C17H12BrN3O5. The van der Waals surface area contributed by atoms with Crippen molar-refractivity contribution in [1.82, 2.24) is 9.78 Å². The summed E-state index contributed by atoms with van der Waals surface area (Å²) in [6.07, 6.45) is -0.358. The standard InChI is InChI=1S/C17H12BrN3O5/c18-11-6-5-10(15(7-11)21(25)26)9-20-17(24)13-4-2-1-3-12(13)14(19-20)8-16(22)23/h1-7H,8-9H2,(H,22,23). The Hall–Kier alpha value is -3.07. The summed E-state index contributed by atoms with van der Waals surface area (Å²) in [7, 11) is 0. The van der Waals surface area contributed by atoms with Crippen LogP contribution in [0, 0.1) is 10.1 Å². The lowest BCUT2D eigenvalue weighted by Crippen LogP contribution is -2.26. The number of carbonyl (C=O) groups is 1. The summed E-state index contributed by atoms with van der Waals surface area (Å²) in [4.78, 5) is 34.6. The second-order valence-electron chi connectivity index (χ2n) is 5.56. The van der Waals surface area contributed by atoms with Gasteiger partial charge >= 0.3 is 5.97 Å². The lowest BCUT2D eigenvalue weighted by molar-refractivity contribution is -0.385. The molecule has 132 valence electrons. The molecule has 0 saturated carbocycles. The number of hydrogen-bond donors (Lipinski definition) is 1. The predicted molar refractivity (Wildman–Crippen MR) is 97.2 cm³/mol. The number of carboxylic acid groups (broad SMARTS) is 1. The Kier molecular flexibility index (Phi) is 4.81. The largest absolute Gasteiger partial charge is 0.481 e. The van der Waals surface area contributed by atoms with E-state index in [0.717, 1.165) is 4.68 Å². The van der Waals surface area contributed by atoms with E-state index < -0.39 is 16.5 Å². The van der Waals surface area contributed by atoms with Crippen LogP contribution in [0.3, 0.4) is 0 Å². The number of fused-ring (bicyclic) bond motifs is 1. The number of nitro groups is 1. The fourth-order valence-electron chi connectivity index (χ4n) is 2.69. The van der Waals surface area contributed by atoms with E-state index in [0.29, 0.717) is 20.8 Å². The normalized spacial score (nSPS) is 10.8. The molecule has 9 heteroatoms. The molecule has 0 unspecified atom stereocenters. The summed E-state index contributed by atoms with van der Waals surface area (Å²) in [6, 6.07) is 11.1. The highest BCUT2D eigenvalue weighted by Crippen LogP contribution is 2.24. The summed E-state index contributed by atoms with van der Waals surface area (Å²) in [6.45, 7) is -0.139. The van der Waals surface area contributed by atoms with Gasteiger partial charge in [-0.2, -0.15) is 5.10 Å². The summed E-state index contributed by atoms with van der Waals surface area (Å²) in [5, 5.41) is 25.3. The van der Waals surface area contributed by atoms with E-state index in [1.165, 1.54) is 12.1 Å². The van der Waals surface area contributed by atoms with Gasteiger partial charge in [0.2, 0.25) is 0 Å². The van der Waals surface area contributed by atoms with E-state index in [9.17, 15) is 19.7 Å². The van der Waals surface area contributed by atoms with Crippen LogP contribution < -0.4 is 5.56 Å². The number of carboxylic acids is 1. The van der Waals surface area contributed by atoms with Gasteiger partial charge in [-0.25, -0.2) is 4.68 Å². The molecule has 8 nitrogen and oxygen atoms in total. The Morgan fingerprint density at radius 2 is 1.92 bits per heavy atom. The smallest absolute Gasteiger partial charge is 0.309 e. The van der Waals surface area contributed by atoms with Gasteiger partial charge in [0.25, 0.3) is 11.2 Å². The number of aliphatic carboxylic acids is 1. The van der Waals surface area contributed by atoms with E-state index in [4.69, 9.17) is 5.11 Å². The van der Waals surface area contributed by atoms with Crippen molar-refractivity contribution in [3.8, 4) is 0 Å². The van der Waals surface area contributed by atoms with Crippen molar-refractivity contribution in [2.24, 2.45) is 0 Å². The molecule has 3 rings (SSSR count). The molecule has 0 saturated heterocycles. The molecule has 26 heavy (non-hydrogen) atoms. The fourth-order valence-corrected chi connectivity index (χ4v) is 3.04. The first kappa shape index (κ1) is 17.7. The van der Waals surface area contributed by atoms with Crippen LogP contribution in [0.4, 0.5) is 5.69 Å². The Labute approximate surface area is 155 Å². The molecule has 0 aliphatic rings. The first-order chi connectivity index (χ1) is 12.4. The Morgan fingerprint density at radius 3 is 2.58 bits per heavy atom. The highest BCUT2D eigenvalue weighted by atomic mass is 79.9. The zero-order valence-corrected chi connectivity index (χ0v) is 14.8. The third kappa shape index (κ3) is 3.47. The number of rotatable bonds is 5. The average molecular weight is 418 g/mol. The summed E-state index contributed by atoms with van der Waals surface area (Å²) < 4.78 is 1.61. The Morgan fingerprint density at radius 1 is 1.23 bits per heavy atom. The summed E-state index contributed by atoms with van der Waals surface area (Å²) in [5.41, 5.74) is -0.0650. The minimum absolute atomic E-state index is 0.139. The number of aromatic nitrogens is 2. The van der Waals surface area contributed by atoms with Crippen LogP contribution in [0.25, 0.3) is 10.8 Å². The molecule has 0 amide bonds. The van der Waals surface area contributed by atoms with Crippen LogP contribution in [0.1, 0.15) is 11.3 Å². The van der Waals surface area contributed by atoms with Gasteiger partial charge < -0.3 is 5.11 Å². The van der Waals surface area contributed by atoms with Gasteiger partial charge in [-0.3, -0.25) is 19.7 Å². The molecule has 0 radical (unpaired) electrons. The minimum Gasteiger partial charge on any atom is -0.481 e. The van der Waals surface area contributed by atoms with E-state index in [-0.39, 0.29) is 24.3 Å². The zero-order valence-electron chi connectivity index (χ0n) is 13.3. The quantitative estimate of drug-likeness (QED) is 0.503. The van der Waals surface area contributed by atoms with Crippen LogP contribution >= 0.6 is 15.9 Å². The number of hydrogen-bond acceptors (Lipinski definition) is 5. The molecule has 0 aliphatic heterocycles. The summed E-state index contributed by atoms with van der Waals surface area (Å²) in [5.74, 6) is -1.08. The summed E-state index contributed by atoms with van der Waals surface area (Å²) >= 11 is 3.18. The van der Waals surface area contributed by atoms with Gasteiger partial charge in [-0.1, -0.05) is 34.1 Å². The lowest BCUT2D eigenvalue weighted by atomic mass is 10.1. The molecule has 3 aromatic rings. The lowest BCUT2D eigenvalue weighted by Gasteiger charge is -2.10. The Bertz CT molecular complexity index is 1090. The third-order valence-corrected chi connectivity index (χ3v) is 4.32. The fraction of sp³-hybridized carbons (Fsp3) is 0.118. The molecular weight excluding hydrogens is 406 g/mol. The van der Waals surface area contributed by atoms with Crippen LogP contribution in [0.15, 0.2) is 51.7 Å². The predicted octanol–water partition coefficient (Wildman–Crippen LogP) is 2.74. The molecule has 0 atom stereocenters. The monoisotopic (exact) mass is 417 g/mol. The van der Waals surface area contributed by atoms with Crippen molar-refractivity contribution in [2.75, 3.05) is 0 Å². The maximum Gasteiger partial charge on any atom is 0.309 e. The van der Waals surface area contributed by atoms with Crippen molar-refractivity contribution >= 4 is 38.4 Å². The number of halogens is 1. The number of benzene rings is 2. The van der Waals surface area contributed by atoms with Crippen molar-refractivity contribution in [2.45, 2.75) is 13.0 Å². The van der Waals surface area contributed by atoms with E-state index in [2.05, 4.69) is 21.0 Å². The maximum atomic E-state index is 12.7. The Balaban J connectivity index is 2.17. The van der Waals surface area contributed by atoms with Crippen molar-refractivity contribution in [1.29, 1.82) is 0 Å². The maximum absolute atomic E-state index is 12.7.